The maximum Gasteiger partial charge on any atom is 0.435 e. The molecule has 2 fully saturated rings. The predicted molar refractivity (Wildman–Crippen MR) is 117 cm³/mol. The summed E-state index contributed by atoms with van der Waals surface area (Å²) < 4.78 is 39.8. The molecule has 7 nitrogen and oxygen atoms in total. The van der Waals surface area contributed by atoms with E-state index >= 15 is 0 Å². The van der Waals surface area contributed by atoms with E-state index in [0.717, 1.165) is 49.3 Å². The fraction of sp³-hybridized carbons (Fsp3) is 0.682. The Balaban J connectivity index is 1.41. The van der Waals surface area contributed by atoms with Crippen molar-refractivity contribution in [2.24, 2.45) is 11.8 Å². The highest BCUT2D eigenvalue weighted by atomic mass is 32.2. The number of amides is 1. The van der Waals surface area contributed by atoms with Gasteiger partial charge in [-0.1, -0.05) is 19.3 Å². The van der Waals surface area contributed by atoms with E-state index in [9.17, 15) is 27.9 Å². The number of nitrogens with zero attached hydrogens (tertiary/aromatic N) is 3. The molecule has 3 heterocycles. The Labute approximate surface area is 194 Å². The second kappa shape index (κ2) is 9.23. The SMILES string of the molecule is Cc1cc(C(F)(F)F)nn1CC(=O)N1CCC(C2(C3CCCCC3)NC(C(=O)O)=CS2)CC1. The number of carbonyl (C=O) groups excluding carboxylic acids is 1. The molecule has 33 heavy (non-hydrogen) atoms. The molecule has 182 valence electrons. The van der Waals surface area contributed by atoms with E-state index in [-0.39, 0.29) is 28.9 Å². The number of thioether (sulfide) groups is 1. The Morgan fingerprint density at radius 3 is 2.36 bits per heavy atom. The van der Waals surface area contributed by atoms with Crippen LogP contribution in [0, 0.1) is 18.8 Å². The number of aliphatic carboxylic acids is 1. The van der Waals surface area contributed by atoms with Crippen LogP contribution in [0.4, 0.5) is 13.2 Å². The van der Waals surface area contributed by atoms with Crippen LogP contribution in [0.3, 0.4) is 0 Å². The molecule has 1 aromatic rings. The quantitative estimate of drug-likeness (QED) is 0.655. The topological polar surface area (TPSA) is 87.5 Å². The first-order valence-corrected chi connectivity index (χ1v) is 12.3. The zero-order valence-electron chi connectivity index (χ0n) is 18.5. The zero-order valence-corrected chi connectivity index (χ0v) is 19.3. The third-order valence-corrected chi connectivity index (χ3v) is 8.67. The van der Waals surface area contributed by atoms with Gasteiger partial charge in [0.2, 0.25) is 5.91 Å². The molecule has 1 amide bonds. The number of carbonyl (C=O) groups is 2. The molecule has 1 aromatic heterocycles. The van der Waals surface area contributed by atoms with Gasteiger partial charge in [-0.3, -0.25) is 9.48 Å². The number of piperidine rings is 1. The molecule has 0 radical (unpaired) electrons. The number of halogens is 3. The maximum atomic E-state index is 12.9. The Hall–Kier alpha value is -2.17. The van der Waals surface area contributed by atoms with Gasteiger partial charge in [0.25, 0.3) is 0 Å². The number of carboxylic acids is 1. The summed E-state index contributed by atoms with van der Waals surface area (Å²) in [6.45, 7) is 2.27. The summed E-state index contributed by atoms with van der Waals surface area (Å²) in [4.78, 5) is 25.7. The van der Waals surface area contributed by atoms with Gasteiger partial charge in [-0.15, -0.1) is 11.8 Å². The van der Waals surface area contributed by atoms with Crippen LogP contribution in [-0.2, 0) is 22.3 Å². The van der Waals surface area contributed by atoms with Crippen LogP contribution >= 0.6 is 11.8 Å². The minimum Gasteiger partial charge on any atom is -0.477 e. The van der Waals surface area contributed by atoms with Gasteiger partial charge in [-0.05, 0) is 50.5 Å². The molecule has 3 aliphatic rings. The second-order valence-electron chi connectivity index (χ2n) is 9.19. The van der Waals surface area contributed by atoms with Crippen molar-refractivity contribution in [3.05, 3.63) is 28.6 Å². The Kier molecular flexibility index (Phi) is 6.70. The summed E-state index contributed by atoms with van der Waals surface area (Å²) in [5.74, 6) is -0.646. The summed E-state index contributed by atoms with van der Waals surface area (Å²) in [6, 6.07) is 0.948. The molecule has 11 heteroatoms. The predicted octanol–water partition coefficient (Wildman–Crippen LogP) is 3.99. The summed E-state index contributed by atoms with van der Waals surface area (Å²) in [7, 11) is 0. The van der Waals surface area contributed by atoms with Crippen molar-refractivity contribution in [2.75, 3.05) is 13.1 Å². The molecule has 2 aliphatic heterocycles. The van der Waals surface area contributed by atoms with Crippen LogP contribution < -0.4 is 5.32 Å². The lowest BCUT2D eigenvalue weighted by Crippen LogP contribution is -2.55. The Bertz CT molecular complexity index is 934. The van der Waals surface area contributed by atoms with E-state index < -0.39 is 17.8 Å². The van der Waals surface area contributed by atoms with Gasteiger partial charge < -0.3 is 15.3 Å². The van der Waals surface area contributed by atoms with Gasteiger partial charge in [0, 0.05) is 24.2 Å². The fourth-order valence-corrected chi connectivity index (χ4v) is 6.88. The standard InChI is InChI=1S/C22H29F3N4O3S/c1-14-11-18(22(23,24)25)27-29(14)12-19(30)28-9-7-16(8-10-28)21(15-5-3-2-4-6-15)26-17(13-33-21)20(31)32/h11,13,15-16,26H,2-10,12H2,1H3,(H,31,32). The molecular formula is C22H29F3N4O3S. The summed E-state index contributed by atoms with van der Waals surface area (Å²) in [5.41, 5.74) is -0.466. The average molecular weight is 487 g/mol. The number of alkyl halides is 3. The number of nitrogens with one attached hydrogen (secondary N) is 1. The maximum absolute atomic E-state index is 12.9. The Morgan fingerprint density at radius 1 is 1.18 bits per heavy atom. The van der Waals surface area contributed by atoms with Crippen molar-refractivity contribution < 1.29 is 27.9 Å². The highest BCUT2D eigenvalue weighted by Crippen LogP contribution is 2.51. The minimum atomic E-state index is -4.54. The van der Waals surface area contributed by atoms with Crippen molar-refractivity contribution in [2.45, 2.75) is 69.5 Å². The van der Waals surface area contributed by atoms with Crippen molar-refractivity contribution >= 4 is 23.6 Å². The molecule has 1 aliphatic carbocycles. The third-order valence-electron chi connectivity index (χ3n) is 7.15. The number of aryl methyl sites for hydroxylation is 1. The lowest BCUT2D eigenvalue weighted by Gasteiger charge is -2.48. The van der Waals surface area contributed by atoms with Gasteiger partial charge in [0.1, 0.15) is 12.2 Å². The van der Waals surface area contributed by atoms with Gasteiger partial charge in [-0.25, -0.2) is 4.79 Å². The second-order valence-corrected chi connectivity index (χ2v) is 10.3. The van der Waals surface area contributed by atoms with E-state index in [4.69, 9.17) is 0 Å². The largest absolute Gasteiger partial charge is 0.477 e. The number of rotatable bonds is 5. The lowest BCUT2D eigenvalue weighted by molar-refractivity contribution is -0.142. The smallest absolute Gasteiger partial charge is 0.435 e. The van der Waals surface area contributed by atoms with Crippen LogP contribution in [0.2, 0.25) is 0 Å². The Morgan fingerprint density at radius 2 is 1.82 bits per heavy atom. The molecule has 1 atom stereocenters. The lowest BCUT2D eigenvalue weighted by atomic mass is 9.74. The number of aromatic nitrogens is 2. The molecular weight excluding hydrogens is 457 g/mol. The van der Waals surface area contributed by atoms with Crippen LogP contribution in [0.25, 0.3) is 0 Å². The van der Waals surface area contributed by atoms with Crippen LogP contribution in [-0.4, -0.2) is 49.6 Å². The van der Waals surface area contributed by atoms with E-state index in [1.54, 1.807) is 22.1 Å². The molecule has 0 spiro atoms. The van der Waals surface area contributed by atoms with Crippen molar-refractivity contribution in [1.82, 2.24) is 20.0 Å². The number of likely N-dealkylation sites (tertiary alicyclic amines) is 1. The molecule has 1 unspecified atom stereocenters. The zero-order chi connectivity index (χ0) is 23.8. The first-order chi connectivity index (χ1) is 15.6. The number of carboxylic acid groups (broad SMARTS) is 1. The van der Waals surface area contributed by atoms with Crippen molar-refractivity contribution in [3.8, 4) is 0 Å². The highest BCUT2D eigenvalue weighted by Gasteiger charge is 2.50. The first-order valence-electron chi connectivity index (χ1n) is 11.4. The van der Waals surface area contributed by atoms with Crippen molar-refractivity contribution in [1.29, 1.82) is 0 Å². The number of hydrogen-bond donors (Lipinski definition) is 2. The molecule has 1 saturated carbocycles. The van der Waals surface area contributed by atoms with E-state index in [2.05, 4.69) is 10.4 Å². The van der Waals surface area contributed by atoms with Crippen molar-refractivity contribution in [3.63, 3.8) is 0 Å². The fourth-order valence-electron chi connectivity index (χ4n) is 5.39. The molecule has 1 saturated heterocycles. The normalized spacial score (nSPS) is 25.1. The average Bonchev–Trinajstić information content (AvgIpc) is 3.40. The summed E-state index contributed by atoms with van der Waals surface area (Å²) in [6.07, 6.45) is 2.48. The monoisotopic (exact) mass is 486 g/mol. The van der Waals surface area contributed by atoms with Gasteiger partial charge in [-0.2, -0.15) is 18.3 Å². The molecule has 0 aromatic carbocycles. The van der Waals surface area contributed by atoms with E-state index in [0.29, 0.717) is 24.7 Å². The van der Waals surface area contributed by atoms with Crippen LogP contribution in [0.15, 0.2) is 17.2 Å². The number of hydrogen-bond acceptors (Lipinski definition) is 5. The van der Waals surface area contributed by atoms with Gasteiger partial charge in [0.05, 0.1) is 4.87 Å². The summed E-state index contributed by atoms with van der Waals surface area (Å²) >= 11 is 1.58. The van der Waals surface area contributed by atoms with E-state index in [1.807, 2.05) is 0 Å². The van der Waals surface area contributed by atoms with Crippen LogP contribution in [0.1, 0.15) is 56.3 Å². The molecule has 4 rings (SSSR count). The summed E-state index contributed by atoms with van der Waals surface area (Å²) in [5, 5.41) is 18.1. The molecule has 2 N–H and O–H groups in total. The molecule has 0 bridgehead atoms. The minimum absolute atomic E-state index is 0.200. The van der Waals surface area contributed by atoms with Gasteiger partial charge >= 0.3 is 12.1 Å². The third kappa shape index (κ3) is 4.88. The highest BCUT2D eigenvalue weighted by molar-refractivity contribution is 8.03. The van der Waals surface area contributed by atoms with E-state index in [1.165, 1.54) is 13.3 Å². The van der Waals surface area contributed by atoms with Gasteiger partial charge in [0.15, 0.2) is 5.69 Å². The van der Waals surface area contributed by atoms with Crippen LogP contribution in [0.5, 0.6) is 0 Å². The first kappa shape index (κ1) is 24.0.